The Morgan fingerprint density at radius 3 is 2.95 bits per heavy atom. The molecule has 2 rings (SSSR count). The quantitative estimate of drug-likeness (QED) is 0.798. The van der Waals surface area contributed by atoms with E-state index in [0.717, 1.165) is 20.6 Å². The first kappa shape index (κ1) is 14.9. The molecule has 8 nitrogen and oxygen atoms in total. The van der Waals surface area contributed by atoms with Gasteiger partial charge in [0.15, 0.2) is 0 Å². The third-order valence-corrected chi connectivity index (χ3v) is 5.34. The van der Waals surface area contributed by atoms with Crippen LogP contribution in [0, 0.1) is 0 Å². The molecule has 1 unspecified atom stereocenters. The van der Waals surface area contributed by atoms with Crippen molar-refractivity contribution in [2.75, 3.05) is 13.6 Å². The lowest BCUT2D eigenvalue weighted by atomic mass is 10.1. The van der Waals surface area contributed by atoms with E-state index < -0.39 is 22.2 Å². The van der Waals surface area contributed by atoms with Crippen LogP contribution in [0.15, 0.2) is 12.4 Å². The lowest BCUT2D eigenvalue weighted by molar-refractivity contribution is -0.142. The molecule has 0 radical (unpaired) electrons. The van der Waals surface area contributed by atoms with Crippen LogP contribution in [0.4, 0.5) is 0 Å². The lowest BCUT2D eigenvalue weighted by Crippen LogP contribution is -2.52. The average Bonchev–Trinajstić information content (AvgIpc) is 2.91. The molecule has 1 aliphatic rings. The standard InChI is InChI=1S/C11H18N4O4S/c1-14(8-9-6-12-13-7-9)20(18,19)15-5-3-2-4-10(15)11(16)17/h6-7,10H,2-5,8H2,1H3,(H,12,13)(H,16,17). The van der Waals surface area contributed by atoms with E-state index in [0.29, 0.717) is 12.8 Å². The summed E-state index contributed by atoms with van der Waals surface area (Å²) in [7, 11) is -2.35. The van der Waals surface area contributed by atoms with E-state index >= 15 is 0 Å². The molecule has 1 aliphatic heterocycles. The molecule has 9 heteroatoms. The zero-order chi connectivity index (χ0) is 14.8. The molecule has 112 valence electrons. The number of carboxylic acids is 1. The van der Waals surface area contributed by atoms with Crippen molar-refractivity contribution in [1.29, 1.82) is 0 Å². The van der Waals surface area contributed by atoms with Gasteiger partial charge in [-0.05, 0) is 19.3 Å². The molecule has 0 aliphatic carbocycles. The number of hydrogen-bond donors (Lipinski definition) is 2. The maximum absolute atomic E-state index is 12.5. The molecule has 1 fully saturated rings. The number of rotatable bonds is 5. The van der Waals surface area contributed by atoms with Gasteiger partial charge in [-0.15, -0.1) is 0 Å². The first-order valence-corrected chi connectivity index (χ1v) is 7.76. The second-order valence-corrected chi connectivity index (χ2v) is 6.82. The van der Waals surface area contributed by atoms with Crippen LogP contribution in [0.1, 0.15) is 24.8 Å². The highest BCUT2D eigenvalue weighted by Crippen LogP contribution is 2.23. The first-order valence-electron chi connectivity index (χ1n) is 6.36. The Kier molecular flexibility index (Phi) is 4.41. The van der Waals surface area contributed by atoms with Gasteiger partial charge in [0.25, 0.3) is 10.2 Å². The van der Waals surface area contributed by atoms with Gasteiger partial charge < -0.3 is 5.11 Å². The minimum Gasteiger partial charge on any atom is -0.480 e. The van der Waals surface area contributed by atoms with Crippen molar-refractivity contribution < 1.29 is 18.3 Å². The number of carbonyl (C=O) groups is 1. The van der Waals surface area contributed by atoms with Crippen LogP contribution in [-0.2, 0) is 21.5 Å². The number of aliphatic carboxylic acids is 1. The summed E-state index contributed by atoms with van der Waals surface area (Å²) in [5, 5.41) is 15.5. The van der Waals surface area contributed by atoms with Gasteiger partial charge in [-0.3, -0.25) is 9.89 Å². The number of H-pyrrole nitrogens is 1. The number of piperidine rings is 1. The van der Waals surface area contributed by atoms with Gasteiger partial charge in [0.2, 0.25) is 0 Å². The summed E-state index contributed by atoms with van der Waals surface area (Å²) in [6.45, 7) is 0.400. The Morgan fingerprint density at radius 1 is 1.60 bits per heavy atom. The maximum Gasteiger partial charge on any atom is 0.322 e. The van der Waals surface area contributed by atoms with Gasteiger partial charge in [-0.1, -0.05) is 0 Å². The molecule has 0 saturated carbocycles. The summed E-state index contributed by atoms with van der Waals surface area (Å²) in [4.78, 5) is 11.2. The highest BCUT2D eigenvalue weighted by Gasteiger charge is 2.38. The van der Waals surface area contributed by atoms with Crippen molar-refractivity contribution >= 4 is 16.2 Å². The smallest absolute Gasteiger partial charge is 0.322 e. The van der Waals surface area contributed by atoms with Crippen LogP contribution in [0.3, 0.4) is 0 Å². The monoisotopic (exact) mass is 302 g/mol. The van der Waals surface area contributed by atoms with Crippen molar-refractivity contribution in [3.8, 4) is 0 Å². The molecule has 0 aromatic carbocycles. The van der Waals surface area contributed by atoms with Crippen LogP contribution in [0.5, 0.6) is 0 Å². The summed E-state index contributed by atoms with van der Waals surface area (Å²) in [6, 6.07) is -0.972. The van der Waals surface area contributed by atoms with Crippen molar-refractivity contribution in [2.45, 2.75) is 31.8 Å². The predicted octanol–water partition coefficient (Wildman–Crippen LogP) is 0.0254. The Labute approximate surface area is 117 Å². The fourth-order valence-electron chi connectivity index (χ4n) is 2.31. The van der Waals surface area contributed by atoms with Gasteiger partial charge >= 0.3 is 5.97 Å². The summed E-state index contributed by atoms with van der Waals surface area (Å²) >= 11 is 0. The van der Waals surface area contributed by atoms with Crippen LogP contribution in [0.2, 0.25) is 0 Å². The fourth-order valence-corrected chi connectivity index (χ4v) is 3.86. The normalized spacial score (nSPS) is 21.2. The van der Waals surface area contributed by atoms with Crippen molar-refractivity contribution in [2.24, 2.45) is 0 Å². The lowest BCUT2D eigenvalue weighted by Gasteiger charge is -2.34. The van der Waals surface area contributed by atoms with Crippen molar-refractivity contribution in [3.63, 3.8) is 0 Å². The van der Waals surface area contributed by atoms with Crippen molar-refractivity contribution in [1.82, 2.24) is 18.8 Å². The molecular weight excluding hydrogens is 284 g/mol. The van der Waals surface area contributed by atoms with E-state index in [4.69, 9.17) is 0 Å². The molecule has 1 aromatic rings. The summed E-state index contributed by atoms with van der Waals surface area (Å²) in [5.74, 6) is -1.09. The molecule has 0 amide bonds. The van der Waals surface area contributed by atoms with Crippen molar-refractivity contribution in [3.05, 3.63) is 18.0 Å². The molecule has 1 atom stereocenters. The van der Waals surface area contributed by atoms with Gasteiger partial charge in [0.05, 0.1) is 6.20 Å². The molecule has 20 heavy (non-hydrogen) atoms. The highest BCUT2D eigenvalue weighted by atomic mass is 32.2. The first-order chi connectivity index (χ1) is 9.43. The van der Waals surface area contributed by atoms with E-state index in [-0.39, 0.29) is 13.1 Å². The minimum atomic E-state index is -3.79. The number of aromatic amines is 1. The van der Waals surface area contributed by atoms with Crippen LogP contribution in [0.25, 0.3) is 0 Å². The minimum absolute atomic E-state index is 0.154. The highest BCUT2D eigenvalue weighted by molar-refractivity contribution is 7.86. The predicted molar refractivity (Wildman–Crippen MR) is 71.0 cm³/mol. The second-order valence-electron chi connectivity index (χ2n) is 4.83. The Bertz CT molecular complexity index is 557. The van der Waals surface area contributed by atoms with E-state index in [2.05, 4.69) is 10.2 Å². The number of nitrogens with one attached hydrogen (secondary N) is 1. The van der Waals surface area contributed by atoms with E-state index in [1.165, 1.54) is 13.2 Å². The zero-order valence-electron chi connectivity index (χ0n) is 11.2. The second kappa shape index (κ2) is 5.90. The van der Waals surface area contributed by atoms with Crippen LogP contribution >= 0.6 is 0 Å². The van der Waals surface area contributed by atoms with Gasteiger partial charge in [0.1, 0.15) is 6.04 Å². The molecule has 2 N–H and O–H groups in total. The zero-order valence-corrected chi connectivity index (χ0v) is 12.0. The molecular formula is C11H18N4O4S. The summed E-state index contributed by atoms with van der Waals surface area (Å²) < 4.78 is 27.2. The Balaban J connectivity index is 2.17. The average molecular weight is 302 g/mol. The van der Waals surface area contributed by atoms with E-state index in [9.17, 15) is 18.3 Å². The van der Waals surface area contributed by atoms with Gasteiger partial charge in [0, 0.05) is 31.9 Å². The van der Waals surface area contributed by atoms with Crippen LogP contribution in [-0.4, -0.2) is 57.9 Å². The maximum atomic E-state index is 12.5. The van der Waals surface area contributed by atoms with Gasteiger partial charge in [-0.25, -0.2) is 0 Å². The summed E-state index contributed by atoms with van der Waals surface area (Å²) in [6.07, 6.45) is 4.92. The SMILES string of the molecule is CN(Cc1cn[nH]c1)S(=O)(=O)N1CCCCC1C(=O)O. The molecule has 0 bridgehead atoms. The number of hydrogen-bond acceptors (Lipinski definition) is 4. The largest absolute Gasteiger partial charge is 0.480 e. The molecule has 0 spiro atoms. The fraction of sp³-hybridized carbons (Fsp3) is 0.636. The third kappa shape index (κ3) is 3.00. The Morgan fingerprint density at radius 2 is 2.35 bits per heavy atom. The molecule has 1 aromatic heterocycles. The number of carboxylic acid groups (broad SMARTS) is 1. The topological polar surface area (TPSA) is 107 Å². The van der Waals surface area contributed by atoms with E-state index in [1.54, 1.807) is 6.20 Å². The molecule has 2 heterocycles. The third-order valence-electron chi connectivity index (χ3n) is 3.39. The number of aromatic nitrogens is 2. The van der Waals surface area contributed by atoms with E-state index in [1.807, 2.05) is 0 Å². The Hall–Kier alpha value is -1.45. The number of nitrogens with zero attached hydrogens (tertiary/aromatic N) is 3. The van der Waals surface area contributed by atoms with Gasteiger partial charge in [-0.2, -0.15) is 22.1 Å². The van der Waals surface area contributed by atoms with Crippen LogP contribution < -0.4 is 0 Å². The summed E-state index contributed by atoms with van der Waals surface area (Å²) in [5.41, 5.74) is 0.722. The molecule has 1 saturated heterocycles.